The van der Waals surface area contributed by atoms with Crippen molar-refractivity contribution in [1.29, 1.82) is 0 Å². The van der Waals surface area contributed by atoms with E-state index in [-0.39, 0.29) is 5.97 Å². The standard InChI is InChI=1S/C18H25N3O2/c1-13(2)20-9-5-4-6-15(20)10-17-19-11-16-8-7-14(12-21(16)17)18(22)23-3/h7-8,11-13,15H,4-6,9-10H2,1-3H3. The van der Waals surface area contributed by atoms with Gasteiger partial charge in [0.1, 0.15) is 5.82 Å². The summed E-state index contributed by atoms with van der Waals surface area (Å²) in [7, 11) is 1.41. The van der Waals surface area contributed by atoms with Crippen LogP contribution in [0.5, 0.6) is 0 Å². The first kappa shape index (κ1) is 16.0. The third kappa shape index (κ3) is 3.24. The van der Waals surface area contributed by atoms with Crippen LogP contribution >= 0.6 is 0 Å². The second-order valence-electron chi connectivity index (χ2n) is 6.56. The van der Waals surface area contributed by atoms with Gasteiger partial charge in [0.2, 0.25) is 0 Å². The summed E-state index contributed by atoms with van der Waals surface area (Å²) < 4.78 is 6.85. The molecule has 0 aromatic carbocycles. The fraction of sp³-hybridized carbons (Fsp3) is 0.556. The first-order valence-electron chi connectivity index (χ1n) is 8.40. The van der Waals surface area contributed by atoms with Crippen molar-refractivity contribution in [2.45, 2.75) is 51.6 Å². The Bertz CT molecular complexity index is 693. The van der Waals surface area contributed by atoms with Crippen LogP contribution in [0.2, 0.25) is 0 Å². The second-order valence-corrected chi connectivity index (χ2v) is 6.56. The van der Waals surface area contributed by atoms with E-state index in [4.69, 9.17) is 4.74 Å². The predicted octanol–water partition coefficient (Wildman–Crippen LogP) is 2.93. The van der Waals surface area contributed by atoms with Gasteiger partial charge in [-0.3, -0.25) is 4.90 Å². The molecule has 0 N–H and O–H groups in total. The Balaban J connectivity index is 1.88. The molecule has 2 aromatic heterocycles. The number of methoxy groups -OCH3 is 1. The van der Waals surface area contributed by atoms with E-state index in [0.717, 1.165) is 17.8 Å². The number of rotatable bonds is 4. The summed E-state index contributed by atoms with van der Waals surface area (Å²) in [5.74, 6) is 0.705. The van der Waals surface area contributed by atoms with E-state index < -0.39 is 0 Å². The predicted molar refractivity (Wildman–Crippen MR) is 89.7 cm³/mol. The quantitative estimate of drug-likeness (QED) is 0.814. The maximum atomic E-state index is 11.8. The van der Waals surface area contributed by atoms with Gasteiger partial charge in [-0.05, 0) is 45.4 Å². The summed E-state index contributed by atoms with van der Waals surface area (Å²) in [5.41, 5.74) is 1.57. The Morgan fingerprint density at radius 2 is 2.22 bits per heavy atom. The molecule has 1 atom stereocenters. The molecule has 0 amide bonds. The summed E-state index contributed by atoms with van der Waals surface area (Å²) >= 11 is 0. The number of hydrogen-bond donors (Lipinski definition) is 0. The molecule has 3 rings (SSSR count). The Labute approximate surface area is 137 Å². The SMILES string of the molecule is COC(=O)c1ccc2cnc(CC3CCCCN3C(C)C)n2c1. The number of carbonyl (C=O) groups is 1. The minimum atomic E-state index is -0.312. The molecule has 0 saturated carbocycles. The summed E-state index contributed by atoms with van der Waals surface area (Å²) in [6.07, 6.45) is 8.40. The fourth-order valence-electron chi connectivity index (χ4n) is 3.57. The van der Waals surface area contributed by atoms with Crippen LogP contribution in [0, 0.1) is 0 Å². The smallest absolute Gasteiger partial charge is 0.339 e. The summed E-state index contributed by atoms with van der Waals surface area (Å²) in [6, 6.07) is 4.78. The van der Waals surface area contributed by atoms with Gasteiger partial charge in [0, 0.05) is 24.7 Å². The van der Waals surface area contributed by atoms with E-state index in [9.17, 15) is 4.79 Å². The lowest BCUT2D eigenvalue weighted by molar-refractivity contribution is 0.0600. The number of piperidine rings is 1. The maximum Gasteiger partial charge on any atom is 0.339 e. The Hall–Kier alpha value is -1.88. The number of nitrogens with zero attached hydrogens (tertiary/aromatic N) is 3. The van der Waals surface area contributed by atoms with Crippen molar-refractivity contribution in [1.82, 2.24) is 14.3 Å². The minimum Gasteiger partial charge on any atom is -0.465 e. The number of likely N-dealkylation sites (tertiary alicyclic amines) is 1. The van der Waals surface area contributed by atoms with Gasteiger partial charge in [0.25, 0.3) is 0 Å². The van der Waals surface area contributed by atoms with Crippen molar-refractivity contribution in [3.05, 3.63) is 35.9 Å². The van der Waals surface area contributed by atoms with Gasteiger partial charge in [0.05, 0.1) is 24.4 Å². The van der Waals surface area contributed by atoms with Crippen molar-refractivity contribution in [2.75, 3.05) is 13.7 Å². The molecule has 0 aliphatic carbocycles. The number of aromatic nitrogens is 2. The molecule has 1 unspecified atom stereocenters. The number of esters is 1. The average Bonchev–Trinajstić information content (AvgIpc) is 2.96. The van der Waals surface area contributed by atoms with E-state index in [1.807, 2.05) is 22.9 Å². The van der Waals surface area contributed by atoms with Gasteiger partial charge in [-0.25, -0.2) is 9.78 Å². The molecule has 1 fully saturated rings. The van der Waals surface area contributed by atoms with Crippen LogP contribution in [0.3, 0.4) is 0 Å². The van der Waals surface area contributed by atoms with Gasteiger partial charge in [-0.1, -0.05) is 6.42 Å². The summed E-state index contributed by atoms with van der Waals surface area (Å²) in [6.45, 7) is 5.69. The first-order chi connectivity index (χ1) is 11.1. The van der Waals surface area contributed by atoms with Crippen molar-refractivity contribution >= 4 is 11.5 Å². The van der Waals surface area contributed by atoms with Crippen LogP contribution in [-0.4, -0.2) is 46.0 Å². The van der Waals surface area contributed by atoms with Gasteiger partial charge in [-0.15, -0.1) is 0 Å². The molecule has 1 aliphatic rings. The van der Waals surface area contributed by atoms with E-state index in [0.29, 0.717) is 17.6 Å². The molecule has 1 saturated heterocycles. The first-order valence-corrected chi connectivity index (χ1v) is 8.40. The molecular weight excluding hydrogens is 290 g/mol. The van der Waals surface area contributed by atoms with Crippen molar-refractivity contribution < 1.29 is 9.53 Å². The summed E-state index contributed by atoms with van der Waals surface area (Å²) in [4.78, 5) is 18.9. The second kappa shape index (κ2) is 6.71. The van der Waals surface area contributed by atoms with Crippen LogP contribution in [0.4, 0.5) is 0 Å². The normalized spacial score (nSPS) is 19.4. The number of pyridine rings is 1. The van der Waals surface area contributed by atoms with Crippen molar-refractivity contribution in [3.8, 4) is 0 Å². The zero-order chi connectivity index (χ0) is 16.4. The van der Waals surface area contributed by atoms with Crippen molar-refractivity contribution in [3.63, 3.8) is 0 Å². The molecule has 5 nitrogen and oxygen atoms in total. The number of carbonyl (C=O) groups excluding carboxylic acids is 1. The molecule has 1 aliphatic heterocycles. The highest BCUT2D eigenvalue weighted by Crippen LogP contribution is 2.23. The fourth-order valence-corrected chi connectivity index (χ4v) is 3.57. The van der Waals surface area contributed by atoms with Crippen molar-refractivity contribution in [2.24, 2.45) is 0 Å². The van der Waals surface area contributed by atoms with E-state index >= 15 is 0 Å². The van der Waals surface area contributed by atoms with Crippen LogP contribution in [0.1, 0.15) is 49.3 Å². The number of imidazole rings is 1. The highest BCUT2D eigenvalue weighted by molar-refractivity contribution is 5.89. The molecule has 2 aromatic rings. The monoisotopic (exact) mass is 315 g/mol. The molecule has 23 heavy (non-hydrogen) atoms. The molecular formula is C18H25N3O2. The Morgan fingerprint density at radius 1 is 1.39 bits per heavy atom. The van der Waals surface area contributed by atoms with E-state index in [2.05, 4.69) is 23.7 Å². The van der Waals surface area contributed by atoms with E-state index in [1.165, 1.54) is 32.9 Å². The molecule has 3 heterocycles. The van der Waals surface area contributed by atoms with Crippen LogP contribution in [-0.2, 0) is 11.2 Å². The summed E-state index contributed by atoms with van der Waals surface area (Å²) in [5, 5.41) is 0. The van der Waals surface area contributed by atoms with Crippen LogP contribution in [0.15, 0.2) is 24.5 Å². The minimum absolute atomic E-state index is 0.312. The highest BCUT2D eigenvalue weighted by Gasteiger charge is 2.26. The third-order valence-electron chi connectivity index (χ3n) is 4.78. The third-order valence-corrected chi connectivity index (χ3v) is 4.78. The molecule has 124 valence electrons. The van der Waals surface area contributed by atoms with Gasteiger partial charge in [-0.2, -0.15) is 0 Å². The lowest BCUT2D eigenvalue weighted by Gasteiger charge is -2.38. The van der Waals surface area contributed by atoms with Gasteiger partial charge < -0.3 is 9.14 Å². The Kier molecular flexibility index (Phi) is 4.66. The Morgan fingerprint density at radius 3 is 2.96 bits per heavy atom. The molecule has 0 spiro atoms. The largest absolute Gasteiger partial charge is 0.465 e. The zero-order valence-electron chi connectivity index (χ0n) is 14.2. The maximum absolute atomic E-state index is 11.8. The number of hydrogen-bond acceptors (Lipinski definition) is 4. The molecule has 0 radical (unpaired) electrons. The van der Waals surface area contributed by atoms with Crippen LogP contribution < -0.4 is 0 Å². The van der Waals surface area contributed by atoms with Gasteiger partial charge in [0.15, 0.2) is 0 Å². The number of ether oxygens (including phenoxy) is 1. The molecule has 0 bridgehead atoms. The zero-order valence-corrected chi connectivity index (χ0v) is 14.2. The van der Waals surface area contributed by atoms with E-state index in [1.54, 1.807) is 6.07 Å². The van der Waals surface area contributed by atoms with Crippen LogP contribution in [0.25, 0.3) is 5.52 Å². The lowest BCUT2D eigenvalue weighted by atomic mass is 9.97. The molecule has 5 heteroatoms. The topological polar surface area (TPSA) is 46.8 Å². The van der Waals surface area contributed by atoms with Gasteiger partial charge >= 0.3 is 5.97 Å². The number of fused-ring (bicyclic) bond motifs is 1. The average molecular weight is 315 g/mol. The highest BCUT2D eigenvalue weighted by atomic mass is 16.5. The lowest BCUT2D eigenvalue weighted by Crippen LogP contribution is -2.45.